The van der Waals surface area contributed by atoms with Crippen molar-refractivity contribution in [3.05, 3.63) is 120 Å². The van der Waals surface area contributed by atoms with E-state index in [2.05, 4.69) is 16.4 Å². The molecule has 0 aliphatic carbocycles. The molecule has 0 bridgehead atoms. The number of carbonyl (C=O) groups excluding carboxylic acids is 1. The average Bonchev–Trinajstić information content (AvgIpc) is 2.86. The lowest BCUT2D eigenvalue weighted by Crippen LogP contribution is -2.41. The molecule has 156 valence electrons. The fourth-order valence-electron chi connectivity index (χ4n) is 3.77. The van der Waals surface area contributed by atoms with Crippen LogP contribution in [0.3, 0.4) is 0 Å². The number of hydrogen-bond acceptors (Lipinski definition) is 4. The molecule has 0 saturated heterocycles. The van der Waals surface area contributed by atoms with Gasteiger partial charge in [-0.2, -0.15) is 5.26 Å². The number of amides is 1. The molecule has 1 aromatic heterocycles. The SMILES string of the molecule is N#Cc1cnccc1-c1ccc(NC(=O)[C@@H](N)C(c2ccccc2)c2ccccc2)cc1. The van der Waals surface area contributed by atoms with Crippen LogP contribution in [0, 0.1) is 11.3 Å². The van der Waals surface area contributed by atoms with Crippen molar-refractivity contribution in [1.29, 1.82) is 5.26 Å². The van der Waals surface area contributed by atoms with Gasteiger partial charge in [-0.1, -0.05) is 72.8 Å². The number of aromatic nitrogens is 1. The van der Waals surface area contributed by atoms with Gasteiger partial charge in [0.25, 0.3) is 0 Å². The maximum atomic E-state index is 13.1. The minimum atomic E-state index is -0.773. The van der Waals surface area contributed by atoms with E-state index in [1.807, 2.05) is 84.9 Å². The van der Waals surface area contributed by atoms with Gasteiger partial charge in [0.15, 0.2) is 0 Å². The van der Waals surface area contributed by atoms with Crippen molar-refractivity contribution in [3.63, 3.8) is 0 Å². The zero-order valence-corrected chi connectivity index (χ0v) is 17.3. The normalized spacial score (nSPS) is 11.5. The standard InChI is InChI=1S/C27H22N4O/c28-17-22-18-30-16-15-24(22)19-11-13-23(14-12-19)31-27(32)26(29)25(20-7-3-1-4-8-20)21-9-5-2-6-10-21/h1-16,18,25-26H,29H2,(H,31,32)/t26-/m0/s1. The molecule has 5 heteroatoms. The molecule has 4 rings (SSSR count). The summed E-state index contributed by atoms with van der Waals surface area (Å²) in [6.07, 6.45) is 3.19. The Kier molecular flexibility index (Phi) is 6.35. The molecule has 1 heterocycles. The van der Waals surface area contributed by atoms with E-state index in [0.717, 1.165) is 22.3 Å². The lowest BCUT2D eigenvalue weighted by atomic mass is 9.85. The summed E-state index contributed by atoms with van der Waals surface area (Å²) in [5.41, 5.74) is 11.3. The van der Waals surface area contributed by atoms with Gasteiger partial charge >= 0.3 is 0 Å². The third-order valence-electron chi connectivity index (χ3n) is 5.38. The first-order chi connectivity index (χ1) is 15.7. The van der Waals surface area contributed by atoms with E-state index in [4.69, 9.17) is 5.73 Å². The Labute approximate surface area is 187 Å². The van der Waals surface area contributed by atoms with E-state index >= 15 is 0 Å². The highest BCUT2D eigenvalue weighted by atomic mass is 16.2. The zero-order valence-electron chi connectivity index (χ0n) is 17.3. The number of anilines is 1. The van der Waals surface area contributed by atoms with Crippen LogP contribution in [0.25, 0.3) is 11.1 Å². The molecular formula is C27H22N4O. The van der Waals surface area contributed by atoms with Crippen LogP contribution in [-0.4, -0.2) is 16.9 Å². The second-order valence-electron chi connectivity index (χ2n) is 7.42. The summed E-state index contributed by atoms with van der Waals surface area (Å²) in [5, 5.41) is 12.2. The van der Waals surface area contributed by atoms with Gasteiger partial charge in [-0.05, 0) is 34.9 Å². The monoisotopic (exact) mass is 418 g/mol. The summed E-state index contributed by atoms with van der Waals surface area (Å²) in [4.78, 5) is 17.1. The van der Waals surface area contributed by atoms with Crippen LogP contribution in [-0.2, 0) is 4.79 Å². The first-order valence-electron chi connectivity index (χ1n) is 10.3. The minimum Gasteiger partial charge on any atom is -0.325 e. The predicted octanol–water partition coefficient (Wildman–Crippen LogP) is 4.72. The molecule has 0 saturated carbocycles. The van der Waals surface area contributed by atoms with Crippen LogP contribution >= 0.6 is 0 Å². The molecule has 1 amide bonds. The zero-order chi connectivity index (χ0) is 22.3. The van der Waals surface area contributed by atoms with Crippen LogP contribution in [0.2, 0.25) is 0 Å². The van der Waals surface area contributed by atoms with E-state index in [1.54, 1.807) is 12.3 Å². The van der Waals surface area contributed by atoms with Crippen molar-refractivity contribution in [1.82, 2.24) is 4.98 Å². The number of hydrogen-bond donors (Lipinski definition) is 2. The van der Waals surface area contributed by atoms with E-state index < -0.39 is 6.04 Å². The average molecular weight is 419 g/mol. The van der Waals surface area contributed by atoms with E-state index in [-0.39, 0.29) is 11.8 Å². The Hall–Kier alpha value is -4.27. The summed E-state index contributed by atoms with van der Waals surface area (Å²) in [6.45, 7) is 0. The fourth-order valence-corrected chi connectivity index (χ4v) is 3.77. The molecule has 5 nitrogen and oxygen atoms in total. The maximum Gasteiger partial charge on any atom is 0.242 e. The van der Waals surface area contributed by atoms with Gasteiger partial charge in [-0.3, -0.25) is 9.78 Å². The topological polar surface area (TPSA) is 91.8 Å². The van der Waals surface area contributed by atoms with Gasteiger partial charge in [0.05, 0.1) is 11.6 Å². The van der Waals surface area contributed by atoms with Gasteiger partial charge in [-0.25, -0.2) is 0 Å². The molecule has 3 aromatic carbocycles. The van der Waals surface area contributed by atoms with Crippen LogP contribution in [0.1, 0.15) is 22.6 Å². The van der Waals surface area contributed by atoms with Crippen LogP contribution in [0.15, 0.2) is 103 Å². The highest BCUT2D eigenvalue weighted by molar-refractivity contribution is 5.96. The Balaban J connectivity index is 1.55. The van der Waals surface area contributed by atoms with Crippen molar-refractivity contribution in [3.8, 4) is 17.2 Å². The van der Waals surface area contributed by atoms with Gasteiger partial charge in [-0.15, -0.1) is 0 Å². The van der Waals surface area contributed by atoms with Crippen molar-refractivity contribution >= 4 is 11.6 Å². The van der Waals surface area contributed by atoms with Crippen molar-refractivity contribution in [2.45, 2.75) is 12.0 Å². The van der Waals surface area contributed by atoms with Crippen LogP contribution < -0.4 is 11.1 Å². The van der Waals surface area contributed by atoms with E-state index in [1.165, 1.54) is 6.20 Å². The van der Waals surface area contributed by atoms with Crippen molar-refractivity contribution in [2.75, 3.05) is 5.32 Å². The van der Waals surface area contributed by atoms with Gasteiger partial charge in [0.1, 0.15) is 6.07 Å². The molecule has 0 unspecified atom stereocenters. The highest BCUT2D eigenvalue weighted by Crippen LogP contribution is 2.28. The fraction of sp³-hybridized carbons (Fsp3) is 0.0741. The third kappa shape index (κ3) is 4.56. The molecule has 0 aliphatic rings. The maximum absolute atomic E-state index is 13.1. The number of pyridine rings is 1. The summed E-state index contributed by atoms with van der Waals surface area (Å²) in [7, 11) is 0. The van der Waals surface area contributed by atoms with Gasteiger partial charge in [0, 0.05) is 29.6 Å². The number of nitrogens with zero attached hydrogens (tertiary/aromatic N) is 2. The number of benzene rings is 3. The lowest BCUT2D eigenvalue weighted by molar-refractivity contribution is -0.117. The first-order valence-corrected chi connectivity index (χ1v) is 10.3. The van der Waals surface area contributed by atoms with Gasteiger partial charge in [0.2, 0.25) is 5.91 Å². The Morgan fingerprint density at radius 1 is 0.875 bits per heavy atom. The van der Waals surface area contributed by atoms with Crippen molar-refractivity contribution < 1.29 is 4.79 Å². The molecule has 1 atom stereocenters. The number of nitrogens with one attached hydrogen (secondary N) is 1. The van der Waals surface area contributed by atoms with E-state index in [0.29, 0.717) is 11.3 Å². The minimum absolute atomic E-state index is 0.267. The predicted molar refractivity (Wildman–Crippen MR) is 126 cm³/mol. The summed E-state index contributed by atoms with van der Waals surface area (Å²) in [5.74, 6) is -0.538. The molecule has 3 N–H and O–H groups in total. The molecule has 0 spiro atoms. The largest absolute Gasteiger partial charge is 0.325 e. The van der Waals surface area contributed by atoms with E-state index in [9.17, 15) is 10.1 Å². The van der Waals surface area contributed by atoms with Crippen LogP contribution in [0.4, 0.5) is 5.69 Å². The molecule has 32 heavy (non-hydrogen) atoms. The smallest absolute Gasteiger partial charge is 0.242 e. The molecule has 0 fully saturated rings. The van der Waals surface area contributed by atoms with Gasteiger partial charge < -0.3 is 11.1 Å². The highest BCUT2D eigenvalue weighted by Gasteiger charge is 2.27. The van der Waals surface area contributed by atoms with Crippen molar-refractivity contribution in [2.24, 2.45) is 5.73 Å². The summed E-state index contributed by atoms with van der Waals surface area (Å²) < 4.78 is 0. The Morgan fingerprint density at radius 2 is 1.47 bits per heavy atom. The molecule has 0 radical (unpaired) electrons. The second-order valence-corrected chi connectivity index (χ2v) is 7.42. The van der Waals surface area contributed by atoms with Crippen LogP contribution in [0.5, 0.6) is 0 Å². The Morgan fingerprint density at radius 3 is 2.03 bits per heavy atom. The first kappa shape index (κ1) is 21.0. The number of carbonyl (C=O) groups is 1. The summed E-state index contributed by atoms with van der Waals surface area (Å²) in [6, 6.07) is 30.1. The molecule has 4 aromatic rings. The number of nitrogens with two attached hydrogens (primary N) is 1. The number of nitriles is 1. The molecular weight excluding hydrogens is 396 g/mol. The summed E-state index contributed by atoms with van der Waals surface area (Å²) >= 11 is 0. The third-order valence-corrected chi connectivity index (χ3v) is 5.38. The quantitative estimate of drug-likeness (QED) is 0.474. The lowest BCUT2D eigenvalue weighted by Gasteiger charge is -2.24. The second kappa shape index (κ2) is 9.69. The Bertz CT molecular complexity index is 1190. The number of rotatable bonds is 6. The molecule has 0 aliphatic heterocycles.